The van der Waals surface area contributed by atoms with Gasteiger partial charge in [0.2, 0.25) is 0 Å². The summed E-state index contributed by atoms with van der Waals surface area (Å²) in [4.78, 5) is 14.9. The number of likely N-dealkylation sites (tertiary alicyclic amines) is 1. The lowest BCUT2D eigenvalue weighted by Gasteiger charge is -2.38. The van der Waals surface area contributed by atoms with Gasteiger partial charge in [-0.25, -0.2) is 4.68 Å². The lowest BCUT2D eigenvalue weighted by atomic mass is 9.96. The molecule has 2 N–H and O–H groups in total. The van der Waals surface area contributed by atoms with Crippen molar-refractivity contribution < 1.29 is 4.79 Å². The molecule has 3 rings (SSSR count). The topological polar surface area (TPSA) is 64.2 Å². The van der Waals surface area contributed by atoms with Crippen LogP contribution in [0, 0.1) is 6.92 Å². The van der Waals surface area contributed by atoms with Crippen LogP contribution in [-0.4, -0.2) is 39.2 Å². The van der Waals surface area contributed by atoms with Crippen molar-refractivity contribution in [3.05, 3.63) is 47.8 Å². The molecule has 23 heavy (non-hydrogen) atoms. The van der Waals surface area contributed by atoms with Gasteiger partial charge in [-0.15, -0.1) is 0 Å². The summed E-state index contributed by atoms with van der Waals surface area (Å²) in [5, 5.41) is 4.41. The molecule has 1 aliphatic heterocycles. The predicted octanol–water partition coefficient (Wildman–Crippen LogP) is 2.52. The summed E-state index contributed by atoms with van der Waals surface area (Å²) in [5.41, 5.74) is 8.60. The zero-order valence-corrected chi connectivity index (χ0v) is 13.8. The van der Waals surface area contributed by atoms with Crippen molar-refractivity contribution in [2.75, 3.05) is 6.54 Å². The van der Waals surface area contributed by atoms with Gasteiger partial charge in [0, 0.05) is 18.6 Å². The second kappa shape index (κ2) is 6.54. The highest BCUT2D eigenvalue weighted by molar-refractivity contribution is 5.95. The summed E-state index contributed by atoms with van der Waals surface area (Å²) in [7, 11) is 0. The fourth-order valence-electron chi connectivity index (χ4n) is 3.36. The number of nitrogens with two attached hydrogens (primary N) is 1. The first-order valence-corrected chi connectivity index (χ1v) is 8.26. The van der Waals surface area contributed by atoms with Gasteiger partial charge in [0.25, 0.3) is 5.91 Å². The maximum Gasteiger partial charge on any atom is 0.257 e. The fourth-order valence-corrected chi connectivity index (χ4v) is 3.36. The van der Waals surface area contributed by atoms with Crippen molar-refractivity contribution in [1.29, 1.82) is 0 Å². The van der Waals surface area contributed by atoms with Crippen molar-refractivity contribution in [3.8, 4) is 5.69 Å². The Balaban J connectivity index is 1.90. The number of carbonyl (C=O) groups excluding carboxylic acids is 1. The van der Waals surface area contributed by atoms with Crippen LogP contribution in [0.2, 0.25) is 0 Å². The third kappa shape index (κ3) is 3.01. The second-order valence-electron chi connectivity index (χ2n) is 6.31. The van der Waals surface area contributed by atoms with E-state index in [2.05, 4.69) is 5.10 Å². The van der Waals surface area contributed by atoms with Crippen molar-refractivity contribution in [2.45, 2.75) is 45.2 Å². The van der Waals surface area contributed by atoms with Gasteiger partial charge in [-0.3, -0.25) is 4.79 Å². The van der Waals surface area contributed by atoms with Crippen LogP contribution in [0.25, 0.3) is 5.69 Å². The molecule has 0 radical (unpaired) electrons. The van der Waals surface area contributed by atoms with Crippen molar-refractivity contribution in [2.24, 2.45) is 5.73 Å². The summed E-state index contributed by atoms with van der Waals surface area (Å²) >= 11 is 0. The number of rotatable bonds is 3. The van der Waals surface area contributed by atoms with Crippen molar-refractivity contribution in [3.63, 3.8) is 0 Å². The van der Waals surface area contributed by atoms with E-state index < -0.39 is 0 Å². The molecule has 1 saturated heterocycles. The number of nitrogens with zero attached hydrogens (tertiary/aromatic N) is 3. The average Bonchev–Trinajstić information content (AvgIpc) is 2.96. The molecule has 1 fully saturated rings. The minimum absolute atomic E-state index is 0.0104. The van der Waals surface area contributed by atoms with E-state index in [0.717, 1.165) is 37.2 Å². The van der Waals surface area contributed by atoms with Gasteiger partial charge < -0.3 is 10.6 Å². The molecule has 2 aromatic rings. The molecule has 2 heterocycles. The zero-order chi connectivity index (χ0) is 16.4. The Labute approximate surface area is 137 Å². The average molecular weight is 312 g/mol. The highest BCUT2D eigenvalue weighted by Gasteiger charge is 2.31. The number of para-hydroxylation sites is 1. The third-order valence-electron chi connectivity index (χ3n) is 4.66. The van der Waals surface area contributed by atoms with Crippen molar-refractivity contribution in [1.82, 2.24) is 14.7 Å². The Morgan fingerprint density at radius 1 is 1.30 bits per heavy atom. The highest BCUT2D eigenvalue weighted by Crippen LogP contribution is 2.23. The molecule has 2 atom stereocenters. The molecule has 1 aromatic heterocycles. The van der Waals surface area contributed by atoms with E-state index in [1.165, 1.54) is 0 Å². The summed E-state index contributed by atoms with van der Waals surface area (Å²) in [6, 6.07) is 9.98. The molecule has 1 aliphatic rings. The molecule has 2 unspecified atom stereocenters. The second-order valence-corrected chi connectivity index (χ2v) is 6.31. The summed E-state index contributed by atoms with van der Waals surface area (Å²) < 4.78 is 1.82. The molecular weight excluding hydrogens is 288 g/mol. The molecule has 0 bridgehead atoms. The molecule has 0 aliphatic carbocycles. The van der Waals surface area contributed by atoms with Gasteiger partial charge in [-0.2, -0.15) is 5.10 Å². The highest BCUT2D eigenvalue weighted by atomic mass is 16.2. The Hall–Kier alpha value is -2.14. The van der Waals surface area contributed by atoms with Crippen LogP contribution in [-0.2, 0) is 0 Å². The van der Waals surface area contributed by atoms with Crippen LogP contribution in [0.5, 0.6) is 0 Å². The van der Waals surface area contributed by atoms with Crippen LogP contribution in [0.1, 0.15) is 42.2 Å². The van der Waals surface area contributed by atoms with E-state index in [1.54, 1.807) is 6.20 Å². The molecule has 5 heteroatoms. The first-order chi connectivity index (χ1) is 11.1. The van der Waals surface area contributed by atoms with Gasteiger partial charge in [-0.1, -0.05) is 18.2 Å². The number of aromatic nitrogens is 2. The Morgan fingerprint density at radius 3 is 2.74 bits per heavy atom. The van der Waals surface area contributed by atoms with E-state index in [1.807, 2.05) is 53.8 Å². The Morgan fingerprint density at radius 2 is 2.04 bits per heavy atom. The minimum Gasteiger partial charge on any atom is -0.334 e. The van der Waals surface area contributed by atoms with Gasteiger partial charge in [0.1, 0.15) is 0 Å². The van der Waals surface area contributed by atoms with Crippen LogP contribution in [0.15, 0.2) is 36.5 Å². The molecule has 122 valence electrons. The van der Waals surface area contributed by atoms with Gasteiger partial charge in [-0.05, 0) is 45.2 Å². The number of hydrogen-bond acceptors (Lipinski definition) is 3. The number of amides is 1. The number of piperidine rings is 1. The molecule has 1 aromatic carbocycles. The van der Waals surface area contributed by atoms with E-state index >= 15 is 0 Å². The monoisotopic (exact) mass is 312 g/mol. The van der Waals surface area contributed by atoms with Gasteiger partial charge in [0.15, 0.2) is 0 Å². The van der Waals surface area contributed by atoms with Gasteiger partial charge in [0.05, 0.1) is 23.1 Å². The quantitative estimate of drug-likeness (QED) is 0.947. The molecule has 1 amide bonds. The lowest BCUT2D eigenvalue weighted by Crippen LogP contribution is -2.51. The van der Waals surface area contributed by atoms with Gasteiger partial charge >= 0.3 is 0 Å². The molecule has 0 spiro atoms. The third-order valence-corrected chi connectivity index (χ3v) is 4.66. The normalized spacial score (nSPS) is 19.6. The fraction of sp³-hybridized carbons (Fsp3) is 0.444. The summed E-state index contributed by atoms with van der Waals surface area (Å²) in [6.45, 7) is 4.70. The van der Waals surface area contributed by atoms with E-state index in [-0.39, 0.29) is 18.0 Å². The van der Waals surface area contributed by atoms with Crippen LogP contribution in [0.4, 0.5) is 0 Å². The molecule has 5 nitrogen and oxygen atoms in total. The smallest absolute Gasteiger partial charge is 0.257 e. The van der Waals surface area contributed by atoms with Crippen LogP contribution >= 0.6 is 0 Å². The van der Waals surface area contributed by atoms with Crippen LogP contribution in [0.3, 0.4) is 0 Å². The number of benzene rings is 1. The lowest BCUT2D eigenvalue weighted by molar-refractivity contribution is 0.0583. The number of carbonyl (C=O) groups is 1. The van der Waals surface area contributed by atoms with E-state index in [4.69, 9.17) is 5.73 Å². The Kier molecular flexibility index (Phi) is 4.48. The van der Waals surface area contributed by atoms with E-state index in [9.17, 15) is 4.79 Å². The van der Waals surface area contributed by atoms with Crippen LogP contribution < -0.4 is 5.73 Å². The first kappa shape index (κ1) is 15.7. The van der Waals surface area contributed by atoms with Crippen molar-refractivity contribution >= 4 is 5.91 Å². The number of hydrogen-bond donors (Lipinski definition) is 1. The summed E-state index contributed by atoms with van der Waals surface area (Å²) in [6.07, 6.45) is 4.84. The SMILES string of the molecule is Cc1c(C(=O)N2CCCCC2C(C)N)cnn1-c1ccccc1. The maximum atomic E-state index is 13.0. The molecular formula is C18H24N4O. The molecule has 0 saturated carbocycles. The maximum absolute atomic E-state index is 13.0. The first-order valence-electron chi connectivity index (χ1n) is 8.26. The minimum atomic E-state index is -0.0104. The standard InChI is InChI=1S/C18H24N4O/c1-13(19)17-10-6-7-11-21(17)18(23)16-12-20-22(14(16)2)15-8-4-3-5-9-15/h3-5,8-9,12-13,17H,6-7,10-11,19H2,1-2H3. The largest absolute Gasteiger partial charge is 0.334 e. The Bertz CT molecular complexity index is 678. The summed E-state index contributed by atoms with van der Waals surface area (Å²) in [5.74, 6) is 0.0479. The predicted molar refractivity (Wildman–Crippen MR) is 90.6 cm³/mol. The zero-order valence-electron chi connectivity index (χ0n) is 13.8. The van der Waals surface area contributed by atoms with E-state index in [0.29, 0.717) is 5.56 Å².